The van der Waals surface area contributed by atoms with Gasteiger partial charge in [-0.2, -0.15) is 5.26 Å². The lowest BCUT2D eigenvalue weighted by Gasteiger charge is -1.88. The van der Waals surface area contributed by atoms with E-state index in [2.05, 4.69) is 16.8 Å². The molecule has 0 amide bonds. The molecule has 0 radical (unpaired) electrons. The van der Waals surface area contributed by atoms with E-state index in [-0.39, 0.29) is 6.42 Å². The molecule has 13 heavy (non-hydrogen) atoms. The maximum atomic E-state index is 9.94. The van der Waals surface area contributed by atoms with E-state index in [0.29, 0.717) is 11.4 Å². The van der Waals surface area contributed by atoms with E-state index >= 15 is 0 Å². The van der Waals surface area contributed by atoms with Crippen molar-refractivity contribution in [1.29, 1.82) is 5.26 Å². The minimum absolute atomic E-state index is 0.193. The van der Waals surface area contributed by atoms with E-state index in [4.69, 9.17) is 5.26 Å². The first-order valence-electron chi connectivity index (χ1n) is 3.66. The minimum atomic E-state index is 0.193. The zero-order valence-electron chi connectivity index (χ0n) is 6.82. The number of pyridine rings is 1. The van der Waals surface area contributed by atoms with Crippen LogP contribution in [0.2, 0.25) is 0 Å². The average Bonchev–Trinajstić information content (AvgIpc) is 2.19. The molecule has 62 valence electrons. The van der Waals surface area contributed by atoms with Crippen molar-refractivity contribution in [3.63, 3.8) is 0 Å². The van der Waals surface area contributed by atoms with Crippen molar-refractivity contribution in [2.24, 2.45) is 0 Å². The van der Waals surface area contributed by atoms with Gasteiger partial charge in [-0.1, -0.05) is 12.0 Å². The summed E-state index contributed by atoms with van der Waals surface area (Å²) in [5.41, 5.74) is 0.846. The average molecular weight is 170 g/mol. The van der Waals surface area contributed by atoms with Crippen LogP contribution in [0.4, 0.5) is 0 Å². The van der Waals surface area contributed by atoms with Crippen molar-refractivity contribution in [3.8, 4) is 17.9 Å². The summed E-state index contributed by atoms with van der Waals surface area (Å²) < 4.78 is 0. The molecule has 0 fully saturated rings. The van der Waals surface area contributed by atoms with Crippen LogP contribution >= 0.6 is 0 Å². The molecule has 0 unspecified atom stereocenters. The predicted molar refractivity (Wildman–Crippen MR) is 46.5 cm³/mol. The number of carbonyl (C=O) groups is 1. The Bertz CT molecular complexity index is 407. The third-order valence-corrected chi connectivity index (χ3v) is 1.27. The monoisotopic (exact) mass is 170 g/mol. The summed E-state index contributed by atoms with van der Waals surface area (Å²) in [6.45, 7) is 0. The number of aromatic nitrogens is 1. The summed E-state index contributed by atoms with van der Waals surface area (Å²) in [5.74, 6) is 5.29. The maximum Gasteiger partial charge on any atom is 0.141 e. The summed E-state index contributed by atoms with van der Waals surface area (Å²) in [6.07, 6.45) is 0.916. The standard InChI is InChI=1S/C10H6N2O/c11-8-10-6-3-5-9(12-10)4-1-2-7-13/h3,5-7H,2H2. The van der Waals surface area contributed by atoms with E-state index in [0.717, 1.165) is 6.29 Å². The van der Waals surface area contributed by atoms with Crippen LogP contribution < -0.4 is 0 Å². The fraction of sp³-hybridized carbons (Fsp3) is 0.100. The number of nitrogens with zero attached hydrogens (tertiary/aromatic N) is 2. The molecule has 0 aliphatic rings. The summed E-state index contributed by atoms with van der Waals surface area (Å²) >= 11 is 0. The molecule has 1 rings (SSSR count). The maximum absolute atomic E-state index is 9.94. The van der Waals surface area contributed by atoms with Gasteiger partial charge in [0.1, 0.15) is 23.7 Å². The number of hydrogen-bond donors (Lipinski definition) is 0. The largest absolute Gasteiger partial charge is 0.302 e. The lowest BCUT2D eigenvalue weighted by molar-refractivity contribution is -0.107. The summed E-state index contributed by atoms with van der Waals surface area (Å²) in [4.78, 5) is 13.9. The molecule has 1 aromatic heterocycles. The van der Waals surface area contributed by atoms with Gasteiger partial charge in [-0.15, -0.1) is 0 Å². The smallest absolute Gasteiger partial charge is 0.141 e. The van der Waals surface area contributed by atoms with Gasteiger partial charge in [0, 0.05) is 0 Å². The van der Waals surface area contributed by atoms with Crippen LogP contribution in [0.15, 0.2) is 18.2 Å². The van der Waals surface area contributed by atoms with Gasteiger partial charge in [0.2, 0.25) is 0 Å². The van der Waals surface area contributed by atoms with Gasteiger partial charge in [-0.05, 0) is 18.1 Å². The van der Waals surface area contributed by atoms with E-state index in [1.165, 1.54) is 0 Å². The normalized spacial score (nSPS) is 7.92. The molecule has 1 heterocycles. The molecule has 0 atom stereocenters. The van der Waals surface area contributed by atoms with Crippen LogP contribution in [0.1, 0.15) is 17.8 Å². The second-order valence-electron chi connectivity index (χ2n) is 2.19. The molecular formula is C10H6N2O. The van der Waals surface area contributed by atoms with Gasteiger partial charge >= 0.3 is 0 Å². The first-order chi connectivity index (χ1) is 6.36. The number of nitriles is 1. The number of carbonyl (C=O) groups excluding carboxylic acids is 1. The Balaban J connectivity index is 2.86. The first kappa shape index (κ1) is 8.96. The van der Waals surface area contributed by atoms with Crippen molar-refractivity contribution >= 4 is 6.29 Å². The zero-order chi connectivity index (χ0) is 9.52. The van der Waals surface area contributed by atoms with Gasteiger partial charge in [0.05, 0.1) is 6.42 Å². The predicted octanol–water partition coefficient (Wildman–Crippen LogP) is 0.894. The topological polar surface area (TPSA) is 53.8 Å². The van der Waals surface area contributed by atoms with Gasteiger partial charge in [0.25, 0.3) is 0 Å². The van der Waals surface area contributed by atoms with Crippen LogP contribution in [-0.2, 0) is 4.79 Å². The second kappa shape index (κ2) is 4.69. The molecule has 0 aliphatic heterocycles. The lowest BCUT2D eigenvalue weighted by Crippen LogP contribution is -1.85. The Morgan fingerprint density at radius 1 is 1.46 bits per heavy atom. The van der Waals surface area contributed by atoms with Gasteiger partial charge in [0.15, 0.2) is 0 Å². The molecule has 0 N–H and O–H groups in total. The Kier molecular flexibility index (Phi) is 3.23. The molecule has 0 saturated heterocycles. The summed E-state index contributed by atoms with van der Waals surface area (Å²) in [5, 5.41) is 8.52. The Labute approximate surface area is 76.0 Å². The molecule has 3 nitrogen and oxygen atoms in total. The van der Waals surface area contributed by atoms with Gasteiger partial charge in [-0.25, -0.2) is 4.98 Å². The third kappa shape index (κ3) is 2.76. The van der Waals surface area contributed by atoms with E-state index in [1.54, 1.807) is 18.2 Å². The fourth-order valence-corrected chi connectivity index (χ4v) is 0.750. The second-order valence-corrected chi connectivity index (χ2v) is 2.19. The van der Waals surface area contributed by atoms with Gasteiger partial charge in [-0.3, -0.25) is 0 Å². The Hall–Kier alpha value is -2.13. The van der Waals surface area contributed by atoms with Crippen LogP contribution in [0.25, 0.3) is 0 Å². The van der Waals surface area contributed by atoms with Crippen molar-refractivity contribution in [3.05, 3.63) is 29.6 Å². The van der Waals surface area contributed by atoms with E-state index in [1.807, 2.05) is 6.07 Å². The SMILES string of the molecule is N#Cc1cccc(C#CCC=O)n1. The fourth-order valence-electron chi connectivity index (χ4n) is 0.750. The molecular weight excluding hydrogens is 164 g/mol. The number of hydrogen-bond acceptors (Lipinski definition) is 3. The summed E-state index contributed by atoms with van der Waals surface area (Å²) in [7, 11) is 0. The van der Waals surface area contributed by atoms with E-state index < -0.39 is 0 Å². The first-order valence-corrected chi connectivity index (χ1v) is 3.66. The highest BCUT2D eigenvalue weighted by atomic mass is 16.1. The van der Waals surface area contributed by atoms with Crippen molar-refractivity contribution in [2.75, 3.05) is 0 Å². The Morgan fingerprint density at radius 2 is 2.23 bits per heavy atom. The molecule has 1 aromatic rings. The molecule has 3 heteroatoms. The quantitative estimate of drug-likeness (QED) is 0.464. The number of aldehydes is 1. The van der Waals surface area contributed by atoms with Gasteiger partial charge < -0.3 is 4.79 Å². The highest BCUT2D eigenvalue weighted by Crippen LogP contribution is 1.95. The van der Waals surface area contributed by atoms with E-state index in [9.17, 15) is 4.79 Å². The van der Waals surface area contributed by atoms with Crippen molar-refractivity contribution < 1.29 is 4.79 Å². The van der Waals surface area contributed by atoms with Crippen molar-refractivity contribution in [1.82, 2.24) is 4.98 Å². The summed E-state index contributed by atoms with van der Waals surface area (Å²) in [6, 6.07) is 6.91. The molecule has 0 aromatic carbocycles. The van der Waals surface area contributed by atoms with Crippen LogP contribution in [-0.4, -0.2) is 11.3 Å². The zero-order valence-corrected chi connectivity index (χ0v) is 6.82. The minimum Gasteiger partial charge on any atom is -0.302 e. The third-order valence-electron chi connectivity index (χ3n) is 1.27. The van der Waals surface area contributed by atoms with Crippen LogP contribution in [0, 0.1) is 23.2 Å². The lowest BCUT2D eigenvalue weighted by atomic mass is 10.3. The molecule has 0 saturated carbocycles. The molecule has 0 bridgehead atoms. The van der Waals surface area contributed by atoms with Crippen molar-refractivity contribution in [2.45, 2.75) is 6.42 Å². The molecule has 0 aliphatic carbocycles. The highest BCUT2D eigenvalue weighted by Gasteiger charge is 1.91. The van der Waals surface area contributed by atoms with Crippen LogP contribution in [0.3, 0.4) is 0 Å². The highest BCUT2D eigenvalue weighted by molar-refractivity contribution is 5.54. The Morgan fingerprint density at radius 3 is 2.92 bits per heavy atom. The number of rotatable bonds is 1. The van der Waals surface area contributed by atoms with Crippen LogP contribution in [0.5, 0.6) is 0 Å². The molecule has 0 spiro atoms.